The van der Waals surface area contributed by atoms with Gasteiger partial charge >= 0.3 is 0 Å². The second kappa shape index (κ2) is 5.03. The lowest BCUT2D eigenvalue weighted by Crippen LogP contribution is -2.49. The molecule has 0 aromatic rings. The summed E-state index contributed by atoms with van der Waals surface area (Å²) in [7, 11) is 0. The van der Waals surface area contributed by atoms with Gasteiger partial charge in [0, 0.05) is 24.2 Å². The van der Waals surface area contributed by atoms with Gasteiger partial charge in [0.05, 0.1) is 6.61 Å². The maximum atomic E-state index is 9.52. The van der Waals surface area contributed by atoms with Crippen LogP contribution in [0.3, 0.4) is 0 Å². The highest BCUT2D eigenvalue weighted by atomic mass is 16.3. The van der Waals surface area contributed by atoms with Crippen molar-refractivity contribution in [3.05, 3.63) is 0 Å². The van der Waals surface area contributed by atoms with Gasteiger partial charge in [-0.2, -0.15) is 0 Å². The molecular weight excluding hydrogens is 200 g/mol. The summed E-state index contributed by atoms with van der Waals surface area (Å²) in [5.41, 5.74) is -0.0660. The van der Waals surface area contributed by atoms with Crippen LogP contribution in [-0.2, 0) is 0 Å². The molecule has 2 rings (SSSR count). The summed E-state index contributed by atoms with van der Waals surface area (Å²) in [4.78, 5) is 2.56. The minimum absolute atomic E-state index is 0.0660. The smallest absolute Gasteiger partial charge is 0.0611 e. The Labute approximate surface area is 99.2 Å². The topological polar surface area (TPSA) is 35.5 Å². The molecule has 0 amide bonds. The van der Waals surface area contributed by atoms with Crippen LogP contribution in [0.25, 0.3) is 0 Å². The van der Waals surface area contributed by atoms with Gasteiger partial charge in [-0.15, -0.1) is 0 Å². The van der Waals surface area contributed by atoms with E-state index in [1.54, 1.807) is 0 Å². The largest absolute Gasteiger partial charge is 0.394 e. The van der Waals surface area contributed by atoms with Gasteiger partial charge in [0.15, 0.2) is 0 Å². The Bertz CT molecular complexity index is 226. The molecule has 2 aliphatic rings. The van der Waals surface area contributed by atoms with Crippen molar-refractivity contribution in [3.8, 4) is 0 Å². The summed E-state index contributed by atoms with van der Waals surface area (Å²) >= 11 is 0. The summed E-state index contributed by atoms with van der Waals surface area (Å²) in [6.07, 6.45) is 6.38. The normalized spacial score (nSPS) is 24.8. The van der Waals surface area contributed by atoms with Gasteiger partial charge < -0.3 is 15.3 Å². The van der Waals surface area contributed by atoms with Crippen LogP contribution >= 0.6 is 0 Å². The Hall–Kier alpha value is -0.120. The van der Waals surface area contributed by atoms with Crippen LogP contribution < -0.4 is 5.32 Å². The molecule has 0 heterocycles. The molecule has 2 saturated carbocycles. The van der Waals surface area contributed by atoms with E-state index in [1.807, 2.05) is 0 Å². The van der Waals surface area contributed by atoms with Gasteiger partial charge in [-0.25, -0.2) is 0 Å². The van der Waals surface area contributed by atoms with E-state index < -0.39 is 0 Å². The molecule has 2 aliphatic carbocycles. The first-order valence-electron chi connectivity index (χ1n) is 6.79. The number of hydrogen-bond donors (Lipinski definition) is 2. The summed E-state index contributed by atoms with van der Waals surface area (Å²) in [6.45, 7) is 6.92. The number of nitrogens with zero attached hydrogens (tertiary/aromatic N) is 1. The SMILES string of the molecule is CCN(CCC(C)(CO)NC1CC1)C1CC1. The summed E-state index contributed by atoms with van der Waals surface area (Å²) in [6, 6.07) is 1.52. The van der Waals surface area contributed by atoms with Crippen molar-refractivity contribution in [3.63, 3.8) is 0 Å². The molecule has 0 bridgehead atoms. The minimum Gasteiger partial charge on any atom is -0.394 e. The van der Waals surface area contributed by atoms with Gasteiger partial charge in [-0.3, -0.25) is 0 Å². The van der Waals surface area contributed by atoms with Crippen molar-refractivity contribution in [1.82, 2.24) is 10.2 Å². The number of aliphatic hydroxyl groups is 1. The fourth-order valence-corrected chi connectivity index (χ4v) is 2.35. The van der Waals surface area contributed by atoms with E-state index in [1.165, 1.54) is 25.7 Å². The molecule has 3 nitrogen and oxygen atoms in total. The molecule has 1 unspecified atom stereocenters. The highest BCUT2D eigenvalue weighted by Gasteiger charge is 2.34. The van der Waals surface area contributed by atoms with Crippen LogP contribution in [0.4, 0.5) is 0 Å². The first-order chi connectivity index (χ1) is 7.67. The molecule has 0 saturated heterocycles. The number of aliphatic hydroxyl groups excluding tert-OH is 1. The van der Waals surface area contributed by atoms with Gasteiger partial charge in [-0.1, -0.05) is 6.92 Å². The minimum atomic E-state index is -0.0660. The summed E-state index contributed by atoms with van der Waals surface area (Å²) < 4.78 is 0. The molecule has 0 aromatic carbocycles. The zero-order chi connectivity index (χ0) is 11.6. The van der Waals surface area contributed by atoms with Gasteiger partial charge in [-0.05, 0) is 45.6 Å². The van der Waals surface area contributed by atoms with Crippen LogP contribution in [0.5, 0.6) is 0 Å². The van der Waals surface area contributed by atoms with Gasteiger partial charge in [0.1, 0.15) is 0 Å². The Morgan fingerprint density at radius 2 is 2.00 bits per heavy atom. The maximum Gasteiger partial charge on any atom is 0.0611 e. The fraction of sp³-hybridized carbons (Fsp3) is 1.00. The average molecular weight is 226 g/mol. The predicted octanol–water partition coefficient (Wildman–Crippen LogP) is 1.36. The molecule has 0 aliphatic heterocycles. The van der Waals surface area contributed by atoms with E-state index in [0.29, 0.717) is 6.04 Å². The summed E-state index contributed by atoms with van der Waals surface area (Å²) in [5, 5.41) is 13.1. The molecule has 0 radical (unpaired) electrons. The molecule has 1 atom stereocenters. The van der Waals surface area contributed by atoms with Gasteiger partial charge in [0.25, 0.3) is 0 Å². The average Bonchev–Trinajstić information content (AvgIpc) is 3.12. The number of hydrogen-bond acceptors (Lipinski definition) is 3. The van der Waals surface area contributed by atoms with E-state index in [9.17, 15) is 5.11 Å². The van der Waals surface area contributed by atoms with Crippen molar-refractivity contribution in [2.24, 2.45) is 0 Å². The van der Waals surface area contributed by atoms with Crippen molar-refractivity contribution >= 4 is 0 Å². The van der Waals surface area contributed by atoms with Crippen molar-refractivity contribution in [2.45, 2.75) is 63.6 Å². The zero-order valence-corrected chi connectivity index (χ0v) is 10.7. The molecule has 2 N–H and O–H groups in total. The predicted molar refractivity (Wildman–Crippen MR) is 66.5 cm³/mol. The Kier molecular flexibility index (Phi) is 3.88. The number of nitrogens with one attached hydrogen (secondary N) is 1. The highest BCUT2D eigenvalue weighted by molar-refractivity contribution is 4.94. The van der Waals surface area contributed by atoms with Crippen molar-refractivity contribution in [1.29, 1.82) is 0 Å². The first kappa shape index (κ1) is 12.3. The Balaban J connectivity index is 1.75. The first-order valence-corrected chi connectivity index (χ1v) is 6.79. The van der Waals surface area contributed by atoms with Crippen molar-refractivity contribution in [2.75, 3.05) is 19.7 Å². The Morgan fingerprint density at radius 1 is 1.31 bits per heavy atom. The maximum absolute atomic E-state index is 9.52. The van der Waals surface area contributed by atoms with Crippen molar-refractivity contribution < 1.29 is 5.11 Å². The molecule has 2 fully saturated rings. The van der Waals surface area contributed by atoms with Crippen LogP contribution in [0, 0.1) is 0 Å². The molecule has 3 heteroatoms. The molecular formula is C13H26N2O. The second-order valence-corrected chi connectivity index (χ2v) is 5.75. The lowest BCUT2D eigenvalue weighted by molar-refractivity contribution is 0.143. The van der Waals surface area contributed by atoms with E-state index in [2.05, 4.69) is 24.1 Å². The van der Waals surface area contributed by atoms with Gasteiger partial charge in [0.2, 0.25) is 0 Å². The third-order valence-electron chi connectivity index (χ3n) is 3.90. The molecule has 0 spiro atoms. The molecule has 94 valence electrons. The summed E-state index contributed by atoms with van der Waals surface area (Å²) in [5.74, 6) is 0. The van der Waals surface area contributed by atoms with Crippen LogP contribution in [0.1, 0.15) is 46.0 Å². The molecule has 16 heavy (non-hydrogen) atoms. The fourth-order valence-electron chi connectivity index (χ4n) is 2.35. The lowest BCUT2D eigenvalue weighted by atomic mass is 9.98. The van der Waals surface area contributed by atoms with E-state index in [0.717, 1.165) is 25.6 Å². The monoisotopic (exact) mass is 226 g/mol. The zero-order valence-electron chi connectivity index (χ0n) is 10.7. The van der Waals surface area contributed by atoms with Crippen LogP contribution in [0.2, 0.25) is 0 Å². The second-order valence-electron chi connectivity index (χ2n) is 5.75. The van der Waals surface area contributed by atoms with E-state index in [-0.39, 0.29) is 12.1 Å². The molecule has 0 aromatic heterocycles. The van der Waals surface area contributed by atoms with Crippen LogP contribution in [0.15, 0.2) is 0 Å². The lowest BCUT2D eigenvalue weighted by Gasteiger charge is -2.32. The standard InChI is InChI=1S/C13H26N2O/c1-3-15(12-6-7-12)9-8-13(2,10-16)14-11-4-5-11/h11-12,14,16H,3-10H2,1-2H3. The highest BCUT2D eigenvalue weighted by Crippen LogP contribution is 2.28. The van der Waals surface area contributed by atoms with E-state index >= 15 is 0 Å². The number of rotatable bonds is 8. The Morgan fingerprint density at radius 3 is 2.44 bits per heavy atom. The third-order valence-corrected chi connectivity index (χ3v) is 3.90. The van der Waals surface area contributed by atoms with E-state index in [4.69, 9.17) is 0 Å². The van der Waals surface area contributed by atoms with Crippen LogP contribution in [-0.4, -0.2) is 47.3 Å². The quantitative estimate of drug-likeness (QED) is 0.656. The third kappa shape index (κ3) is 3.44.